The van der Waals surface area contributed by atoms with Crippen molar-refractivity contribution in [2.24, 2.45) is 11.8 Å². The summed E-state index contributed by atoms with van der Waals surface area (Å²) in [4.78, 5) is 6.67. The molecule has 1 heterocycles. The van der Waals surface area contributed by atoms with Crippen LogP contribution in [0.2, 0.25) is 0 Å². The predicted molar refractivity (Wildman–Crippen MR) is 84.3 cm³/mol. The van der Waals surface area contributed by atoms with E-state index in [4.69, 9.17) is 4.98 Å². The quantitative estimate of drug-likeness (QED) is 0.887. The van der Waals surface area contributed by atoms with E-state index in [1.54, 1.807) is 4.88 Å². The first-order chi connectivity index (χ1) is 9.85. The molecule has 2 bridgehead atoms. The van der Waals surface area contributed by atoms with Crippen LogP contribution in [0.15, 0.2) is 0 Å². The van der Waals surface area contributed by atoms with Gasteiger partial charge in [0, 0.05) is 16.8 Å². The van der Waals surface area contributed by atoms with E-state index in [2.05, 4.69) is 23.6 Å². The second kappa shape index (κ2) is 5.42. The molecule has 4 atom stereocenters. The zero-order chi connectivity index (χ0) is 13.5. The fourth-order valence-corrected chi connectivity index (χ4v) is 6.09. The number of nitrogens with one attached hydrogen (secondary N) is 1. The lowest BCUT2D eigenvalue weighted by atomic mass is 9.89. The van der Waals surface area contributed by atoms with Crippen LogP contribution in [0.3, 0.4) is 0 Å². The van der Waals surface area contributed by atoms with E-state index >= 15 is 0 Å². The minimum Gasteiger partial charge on any atom is -0.309 e. The normalized spacial score (nSPS) is 35.5. The zero-order valence-corrected chi connectivity index (χ0v) is 13.3. The van der Waals surface area contributed by atoms with Gasteiger partial charge in [0.15, 0.2) is 0 Å². The molecule has 110 valence electrons. The van der Waals surface area contributed by atoms with E-state index in [1.165, 1.54) is 62.1 Å². The molecule has 3 aliphatic rings. The van der Waals surface area contributed by atoms with Gasteiger partial charge in [0.2, 0.25) is 0 Å². The van der Waals surface area contributed by atoms with Gasteiger partial charge in [0.25, 0.3) is 0 Å². The van der Waals surface area contributed by atoms with Crippen molar-refractivity contribution in [3.8, 4) is 0 Å². The van der Waals surface area contributed by atoms with Gasteiger partial charge in [-0.1, -0.05) is 13.3 Å². The highest BCUT2D eigenvalue weighted by Crippen LogP contribution is 2.54. The Bertz CT molecular complexity index is 481. The third-order valence-corrected chi connectivity index (χ3v) is 7.01. The van der Waals surface area contributed by atoms with Crippen LogP contribution >= 0.6 is 11.3 Å². The fourth-order valence-electron chi connectivity index (χ4n) is 4.66. The third-order valence-electron chi connectivity index (χ3n) is 5.66. The lowest BCUT2D eigenvalue weighted by Crippen LogP contribution is -2.24. The van der Waals surface area contributed by atoms with E-state index in [1.807, 2.05) is 0 Å². The molecular weight excluding hydrogens is 264 g/mol. The minimum atomic E-state index is 0.601. The van der Waals surface area contributed by atoms with Crippen molar-refractivity contribution in [3.63, 3.8) is 0 Å². The molecule has 0 spiro atoms. The maximum absolute atomic E-state index is 5.09. The average Bonchev–Trinajstić information content (AvgIpc) is 3.18. The second-order valence-corrected chi connectivity index (χ2v) is 8.11. The Kier molecular flexibility index (Phi) is 3.59. The maximum Gasteiger partial charge on any atom is 0.0965 e. The van der Waals surface area contributed by atoms with E-state index in [0.717, 1.165) is 24.3 Å². The molecule has 0 aliphatic heterocycles. The molecule has 0 radical (unpaired) electrons. The fraction of sp³-hybridized carbons (Fsp3) is 0.824. The molecule has 1 aromatic heterocycles. The van der Waals surface area contributed by atoms with Gasteiger partial charge in [0.1, 0.15) is 0 Å². The van der Waals surface area contributed by atoms with Crippen LogP contribution in [0.4, 0.5) is 0 Å². The number of aryl methyl sites for hydroxylation is 1. The van der Waals surface area contributed by atoms with Crippen LogP contribution in [-0.4, -0.2) is 11.5 Å². The number of rotatable bonds is 4. The first kappa shape index (κ1) is 13.3. The summed E-state index contributed by atoms with van der Waals surface area (Å²) in [6.45, 7) is 3.40. The summed E-state index contributed by atoms with van der Waals surface area (Å²) in [5.74, 6) is 2.81. The molecule has 20 heavy (non-hydrogen) atoms. The summed E-state index contributed by atoms with van der Waals surface area (Å²) in [5, 5.41) is 5.23. The molecule has 2 saturated carbocycles. The van der Waals surface area contributed by atoms with Crippen LogP contribution in [0.5, 0.6) is 0 Å². The number of hydrogen-bond acceptors (Lipinski definition) is 3. The van der Waals surface area contributed by atoms with E-state index in [-0.39, 0.29) is 0 Å². The smallest absolute Gasteiger partial charge is 0.0965 e. The Morgan fingerprint density at radius 2 is 2.20 bits per heavy atom. The lowest BCUT2D eigenvalue weighted by Gasteiger charge is -2.22. The Balaban J connectivity index is 1.56. The number of fused-ring (bicyclic) bond motifs is 3. The minimum absolute atomic E-state index is 0.601. The Morgan fingerprint density at radius 1 is 1.25 bits per heavy atom. The van der Waals surface area contributed by atoms with Crippen molar-refractivity contribution in [1.82, 2.24) is 10.3 Å². The van der Waals surface area contributed by atoms with Gasteiger partial charge in [-0.2, -0.15) is 0 Å². The van der Waals surface area contributed by atoms with E-state index in [0.29, 0.717) is 6.04 Å². The molecule has 3 heteroatoms. The van der Waals surface area contributed by atoms with Gasteiger partial charge < -0.3 is 5.32 Å². The first-order valence-corrected chi connectivity index (χ1v) is 9.39. The van der Waals surface area contributed by atoms with Crippen molar-refractivity contribution < 1.29 is 0 Å². The molecule has 4 unspecified atom stereocenters. The predicted octanol–water partition coefficient (Wildman–Crippen LogP) is 4.42. The summed E-state index contributed by atoms with van der Waals surface area (Å²) in [6.07, 6.45) is 11.0. The standard InChI is InChI=1S/C17H26N2S/c1-2-8-18-14-4-3-5-15-16(14)20-17(19-15)13-10-11-6-7-12(13)9-11/h11-14,18H,2-10H2,1H3. The summed E-state index contributed by atoms with van der Waals surface area (Å²) >= 11 is 2.06. The monoisotopic (exact) mass is 290 g/mol. The average molecular weight is 290 g/mol. The highest BCUT2D eigenvalue weighted by molar-refractivity contribution is 7.12. The Morgan fingerprint density at radius 3 is 2.95 bits per heavy atom. The topological polar surface area (TPSA) is 24.9 Å². The molecule has 4 rings (SSSR count). The number of nitrogens with zero attached hydrogens (tertiary/aromatic N) is 1. The number of hydrogen-bond donors (Lipinski definition) is 1. The number of thiazole rings is 1. The van der Waals surface area contributed by atoms with Crippen LogP contribution in [0.1, 0.15) is 79.4 Å². The third kappa shape index (κ3) is 2.23. The zero-order valence-electron chi connectivity index (χ0n) is 12.5. The largest absolute Gasteiger partial charge is 0.309 e. The van der Waals surface area contributed by atoms with E-state index in [9.17, 15) is 0 Å². The highest BCUT2D eigenvalue weighted by Gasteiger charge is 2.42. The molecule has 0 saturated heterocycles. The van der Waals surface area contributed by atoms with Crippen LogP contribution < -0.4 is 5.32 Å². The van der Waals surface area contributed by atoms with Crippen molar-refractivity contribution >= 4 is 11.3 Å². The summed E-state index contributed by atoms with van der Waals surface area (Å²) in [6, 6.07) is 0.601. The molecule has 3 aliphatic carbocycles. The van der Waals surface area contributed by atoms with Gasteiger partial charge in [0.05, 0.1) is 10.7 Å². The Hall–Kier alpha value is -0.410. The second-order valence-electron chi connectivity index (χ2n) is 7.04. The van der Waals surface area contributed by atoms with Crippen molar-refractivity contribution in [3.05, 3.63) is 15.6 Å². The van der Waals surface area contributed by atoms with Crippen molar-refractivity contribution in [2.75, 3.05) is 6.54 Å². The molecular formula is C17H26N2S. The summed E-state index contributed by atoms with van der Waals surface area (Å²) in [5.41, 5.74) is 1.44. The van der Waals surface area contributed by atoms with Gasteiger partial charge in [-0.15, -0.1) is 11.3 Å². The SMILES string of the molecule is CCCNC1CCCc2nc(C3CC4CCC3C4)sc21. The lowest BCUT2D eigenvalue weighted by molar-refractivity contribution is 0.417. The first-order valence-electron chi connectivity index (χ1n) is 8.58. The number of aromatic nitrogens is 1. The molecule has 2 fully saturated rings. The van der Waals surface area contributed by atoms with Gasteiger partial charge in [-0.3, -0.25) is 0 Å². The summed E-state index contributed by atoms with van der Waals surface area (Å²) in [7, 11) is 0. The van der Waals surface area contributed by atoms with Gasteiger partial charge in [-0.05, 0) is 63.3 Å². The van der Waals surface area contributed by atoms with Gasteiger partial charge in [-0.25, -0.2) is 4.98 Å². The van der Waals surface area contributed by atoms with Crippen molar-refractivity contribution in [1.29, 1.82) is 0 Å². The molecule has 1 aromatic rings. The van der Waals surface area contributed by atoms with Crippen LogP contribution in [0.25, 0.3) is 0 Å². The maximum atomic E-state index is 5.09. The molecule has 1 N–H and O–H groups in total. The molecule has 2 nitrogen and oxygen atoms in total. The van der Waals surface area contributed by atoms with Gasteiger partial charge >= 0.3 is 0 Å². The Labute approximate surface area is 126 Å². The van der Waals surface area contributed by atoms with Crippen LogP contribution in [-0.2, 0) is 6.42 Å². The summed E-state index contributed by atoms with van der Waals surface area (Å²) < 4.78 is 0. The van der Waals surface area contributed by atoms with Crippen LogP contribution in [0, 0.1) is 11.8 Å². The van der Waals surface area contributed by atoms with Crippen molar-refractivity contribution in [2.45, 2.75) is 70.3 Å². The molecule has 0 aromatic carbocycles. The highest BCUT2D eigenvalue weighted by atomic mass is 32.1. The van der Waals surface area contributed by atoms with E-state index < -0.39 is 0 Å². The molecule has 0 amide bonds.